The summed E-state index contributed by atoms with van der Waals surface area (Å²) in [7, 11) is 4.86. The monoisotopic (exact) mass is 285 g/mol. The van der Waals surface area contributed by atoms with Crippen molar-refractivity contribution in [2.45, 2.75) is 12.8 Å². The molecule has 0 saturated heterocycles. The van der Waals surface area contributed by atoms with E-state index in [1.807, 2.05) is 23.9 Å². The molecule has 1 rings (SSSR count). The van der Waals surface area contributed by atoms with Gasteiger partial charge in [-0.1, -0.05) is 0 Å². The molecule has 1 aromatic carbocycles. The Hall–Kier alpha value is -1.23. The normalized spacial score (nSPS) is 10.1. The van der Waals surface area contributed by atoms with Gasteiger partial charge in [0.2, 0.25) is 5.75 Å². The van der Waals surface area contributed by atoms with Crippen molar-refractivity contribution in [2.24, 2.45) is 0 Å². The highest BCUT2D eigenvalue weighted by molar-refractivity contribution is 7.98. The Morgan fingerprint density at radius 1 is 1.00 bits per heavy atom. The van der Waals surface area contributed by atoms with E-state index in [9.17, 15) is 0 Å². The lowest BCUT2D eigenvalue weighted by Gasteiger charge is -2.15. The zero-order valence-electron chi connectivity index (χ0n) is 12.1. The molecule has 0 atom stereocenters. The van der Waals surface area contributed by atoms with Gasteiger partial charge in [-0.25, -0.2) is 0 Å². The molecule has 0 heterocycles. The molecule has 108 valence electrons. The van der Waals surface area contributed by atoms with Crippen LogP contribution < -0.4 is 19.5 Å². The molecule has 0 unspecified atom stereocenters. The summed E-state index contributed by atoms with van der Waals surface area (Å²) in [5, 5.41) is 3.38. The van der Waals surface area contributed by atoms with E-state index in [0.717, 1.165) is 18.7 Å². The number of anilines is 1. The van der Waals surface area contributed by atoms with Crippen LogP contribution in [-0.2, 0) is 0 Å². The zero-order valence-corrected chi connectivity index (χ0v) is 12.9. The number of nitrogens with one attached hydrogen (secondary N) is 1. The van der Waals surface area contributed by atoms with Gasteiger partial charge >= 0.3 is 0 Å². The Morgan fingerprint density at radius 3 is 2.11 bits per heavy atom. The molecule has 0 bridgehead atoms. The second-order valence-corrected chi connectivity index (χ2v) is 5.03. The fourth-order valence-electron chi connectivity index (χ4n) is 1.79. The number of unbranched alkanes of at least 4 members (excludes halogenated alkanes) is 1. The first-order valence-electron chi connectivity index (χ1n) is 6.29. The van der Waals surface area contributed by atoms with Gasteiger partial charge in [-0.2, -0.15) is 11.8 Å². The smallest absolute Gasteiger partial charge is 0.203 e. The van der Waals surface area contributed by atoms with Crippen LogP contribution in [0.4, 0.5) is 5.69 Å². The van der Waals surface area contributed by atoms with Gasteiger partial charge < -0.3 is 19.5 Å². The summed E-state index contributed by atoms with van der Waals surface area (Å²) >= 11 is 1.88. The zero-order chi connectivity index (χ0) is 14.1. The van der Waals surface area contributed by atoms with Crippen molar-refractivity contribution in [3.8, 4) is 17.2 Å². The molecule has 0 amide bonds. The Bertz CT molecular complexity index is 360. The van der Waals surface area contributed by atoms with E-state index in [1.165, 1.54) is 12.2 Å². The molecule has 1 N–H and O–H groups in total. The third-order valence-corrected chi connectivity index (χ3v) is 3.47. The summed E-state index contributed by atoms with van der Waals surface area (Å²) in [5.74, 6) is 3.18. The first-order valence-corrected chi connectivity index (χ1v) is 7.69. The Labute approximate surface area is 119 Å². The molecule has 0 saturated carbocycles. The number of hydrogen-bond acceptors (Lipinski definition) is 5. The molecule has 0 aliphatic heterocycles. The van der Waals surface area contributed by atoms with Crippen LogP contribution in [0.2, 0.25) is 0 Å². The summed E-state index contributed by atoms with van der Waals surface area (Å²) in [5.41, 5.74) is 0.985. The van der Waals surface area contributed by atoms with Crippen LogP contribution in [0.15, 0.2) is 12.1 Å². The minimum Gasteiger partial charge on any atom is -0.493 e. The van der Waals surface area contributed by atoms with Gasteiger partial charge in [0.1, 0.15) is 0 Å². The number of rotatable bonds is 9. The number of ether oxygens (including phenoxy) is 3. The van der Waals surface area contributed by atoms with Crippen molar-refractivity contribution in [3.05, 3.63) is 12.1 Å². The average Bonchev–Trinajstić information content (AvgIpc) is 2.45. The first-order chi connectivity index (χ1) is 9.26. The van der Waals surface area contributed by atoms with Crippen molar-refractivity contribution >= 4 is 17.4 Å². The van der Waals surface area contributed by atoms with E-state index in [0.29, 0.717) is 17.2 Å². The summed E-state index contributed by atoms with van der Waals surface area (Å²) in [6.07, 6.45) is 4.50. The quantitative estimate of drug-likeness (QED) is 0.705. The molecular formula is C14H23NO3S. The van der Waals surface area contributed by atoms with Crippen LogP contribution >= 0.6 is 11.8 Å². The fraction of sp³-hybridized carbons (Fsp3) is 0.571. The predicted molar refractivity (Wildman–Crippen MR) is 82.2 cm³/mol. The molecule has 1 aromatic rings. The van der Waals surface area contributed by atoms with Gasteiger partial charge in [-0.15, -0.1) is 0 Å². The first kappa shape index (κ1) is 15.8. The van der Waals surface area contributed by atoms with Crippen LogP contribution in [0.1, 0.15) is 12.8 Å². The van der Waals surface area contributed by atoms with E-state index in [4.69, 9.17) is 14.2 Å². The second-order valence-electron chi connectivity index (χ2n) is 4.04. The summed E-state index contributed by atoms with van der Waals surface area (Å²) in [4.78, 5) is 0. The fourth-order valence-corrected chi connectivity index (χ4v) is 2.28. The van der Waals surface area contributed by atoms with Crippen molar-refractivity contribution in [3.63, 3.8) is 0 Å². The van der Waals surface area contributed by atoms with Gasteiger partial charge in [0, 0.05) is 24.4 Å². The van der Waals surface area contributed by atoms with Crippen LogP contribution in [-0.4, -0.2) is 39.9 Å². The molecule has 5 heteroatoms. The van der Waals surface area contributed by atoms with Crippen LogP contribution in [0.25, 0.3) is 0 Å². The summed E-state index contributed by atoms with van der Waals surface area (Å²) in [6.45, 7) is 0.944. The van der Waals surface area contributed by atoms with Gasteiger partial charge in [-0.05, 0) is 24.9 Å². The third-order valence-electron chi connectivity index (χ3n) is 2.77. The van der Waals surface area contributed by atoms with Gasteiger partial charge in [0.15, 0.2) is 11.5 Å². The van der Waals surface area contributed by atoms with Crippen molar-refractivity contribution in [2.75, 3.05) is 45.2 Å². The maximum absolute atomic E-state index is 5.32. The topological polar surface area (TPSA) is 39.7 Å². The molecule has 0 aromatic heterocycles. The Balaban J connectivity index is 2.68. The lowest BCUT2D eigenvalue weighted by Crippen LogP contribution is -2.03. The maximum Gasteiger partial charge on any atom is 0.203 e. The second kappa shape index (κ2) is 8.80. The molecule has 19 heavy (non-hydrogen) atoms. The van der Waals surface area contributed by atoms with E-state index in [-0.39, 0.29) is 0 Å². The molecule has 0 aliphatic carbocycles. The predicted octanol–water partition coefficient (Wildman–Crippen LogP) is 3.27. The summed E-state index contributed by atoms with van der Waals surface area (Å²) < 4.78 is 15.9. The molecule has 0 radical (unpaired) electrons. The lowest BCUT2D eigenvalue weighted by molar-refractivity contribution is 0.324. The summed E-state index contributed by atoms with van der Waals surface area (Å²) in [6, 6.07) is 3.85. The maximum atomic E-state index is 5.32. The number of methoxy groups -OCH3 is 3. The van der Waals surface area contributed by atoms with E-state index >= 15 is 0 Å². The molecule has 4 nitrogen and oxygen atoms in total. The van der Waals surface area contributed by atoms with E-state index in [1.54, 1.807) is 21.3 Å². The number of hydrogen-bond donors (Lipinski definition) is 1. The Morgan fingerprint density at radius 2 is 1.63 bits per heavy atom. The van der Waals surface area contributed by atoms with E-state index < -0.39 is 0 Å². The lowest BCUT2D eigenvalue weighted by atomic mass is 10.2. The largest absolute Gasteiger partial charge is 0.493 e. The van der Waals surface area contributed by atoms with Crippen molar-refractivity contribution in [1.82, 2.24) is 0 Å². The number of thioether (sulfide) groups is 1. The SMILES string of the molecule is COc1cc(NCCCCSC)cc(OC)c1OC. The minimum atomic E-state index is 0.623. The molecule has 0 aliphatic rings. The molecule has 0 fully saturated rings. The Kier molecular flexibility index (Phi) is 7.33. The standard InChI is InChI=1S/C14H23NO3S/c1-16-12-9-11(15-7-5-6-8-19-4)10-13(17-2)14(12)18-3/h9-10,15H,5-8H2,1-4H3. The van der Waals surface area contributed by atoms with Crippen LogP contribution in [0, 0.1) is 0 Å². The van der Waals surface area contributed by atoms with E-state index in [2.05, 4.69) is 11.6 Å². The van der Waals surface area contributed by atoms with Crippen LogP contribution in [0.5, 0.6) is 17.2 Å². The van der Waals surface area contributed by atoms with Gasteiger partial charge in [0.25, 0.3) is 0 Å². The highest BCUT2D eigenvalue weighted by Crippen LogP contribution is 2.39. The third kappa shape index (κ3) is 4.74. The molecule has 0 spiro atoms. The highest BCUT2D eigenvalue weighted by atomic mass is 32.2. The van der Waals surface area contributed by atoms with Crippen molar-refractivity contribution in [1.29, 1.82) is 0 Å². The minimum absolute atomic E-state index is 0.623. The van der Waals surface area contributed by atoms with Gasteiger partial charge in [-0.3, -0.25) is 0 Å². The highest BCUT2D eigenvalue weighted by Gasteiger charge is 2.12. The number of benzene rings is 1. The van der Waals surface area contributed by atoms with Gasteiger partial charge in [0.05, 0.1) is 21.3 Å². The van der Waals surface area contributed by atoms with Crippen molar-refractivity contribution < 1.29 is 14.2 Å². The average molecular weight is 285 g/mol. The van der Waals surface area contributed by atoms with Crippen LogP contribution in [0.3, 0.4) is 0 Å². The molecular weight excluding hydrogens is 262 g/mol.